The lowest BCUT2D eigenvalue weighted by molar-refractivity contribution is 0.823. The molecule has 3 nitrogen and oxygen atoms in total. The highest BCUT2D eigenvalue weighted by molar-refractivity contribution is 5.56. The minimum atomic E-state index is 0.459. The Morgan fingerprint density at radius 1 is 1.13 bits per heavy atom. The number of nitrogens with zero attached hydrogens (tertiary/aromatic N) is 3. The van der Waals surface area contributed by atoms with E-state index in [0.717, 1.165) is 17.0 Å². The molecule has 2 heterocycles. The van der Waals surface area contributed by atoms with E-state index in [9.17, 15) is 0 Å². The molecule has 0 spiro atoms. The van der Waals surface area contributed by atoms with E-state index in [2.05, 4.69) is 29.0 Å². The molecule has 76 valence electrons. The highest BCUT2D eigenvalue weighted by Gasteiger charge is 2.02. The van der Waals surface area contributed by atoms with Crippen molar-refractivity contribution in [2.75, 3.05) is 0 Å². The second kappa shape index (κ2) is 4.17. The van der Waals surface area contributed by atoms with Gasteiger partial charge in [-0.2, -0.15) is 10.2 Å². The molecule has 0 unspecified atom stereocenters. The topological polar surface area (TPSA) is 38.7 Å². The Bertz CT molecular complexity index is 420. The first-order valence-electron chi connectivity index (χ1n) is 5.01. The lowest BCUT2D eigenvalue weighted by Crippen LogP contribution is -1.93. The summed E-state index contributed by atoms with van der Waals surface area (Å²) < 4.78 is 0. The van der Waals surface area contributed by atoms with Crippen molar-refractivity contribution in [2.24, 2.45) is 0 Å². The third-order valence-electron chi connectivity index (χ3n) is 2.25. The van der Waals surface area contributed by atoms with Gasteiger partial charge in [-0.05, 0) is 30.2 Å². The van der Waals surface area contributed by atoms with Crippen molar-refractivity contribution in [3.05, 3.63) is 42.4 Å². The molecule has 3 heteroatoms. The summed E-state index contributed by atoms with van der Waals surface area (Å²) in [4.78, 5) is 4.39. The van der Waals surface area contributed by atoms with Gasteiger partial charge in [0.25, 0.3) is 0 Å². The predicted octanol–water partition coefficient (Wildman–Crippen LogP) is 2.66. The molecule has 0 amide bonds. The normalized spacial score (nSPS) is 10.6. The standard InChI is InChI=1S/C12H13N3/c1-9(2)11-6-5-10(8-13-11)12-4-3-7-14-15-12/h3-9H,1-2H3. The molecule has 2 aromatic heterocycles. The summed E-state index contributed by atoms with van der Waals surface area (Å²) >= 11 is 0. The average molecular weight is 199 g/mol. The fourth-order valence-corrected chi connectivity index (χ4v) is 1.35. The largest absolute Gasteiger partial charge is 0.260 e. The zero-order valence-corrected chi connectivity index (χ0v) is 8.88. The average Bonchev–Trinajstić information content (AvgIpc) is 2.30. The molecule has 0 saturated heterocycles. The van der Waals surface area contributed by atoms with E-state index in [1.165, 1.54) is 0 Å². The SMILES string of the molecule is CC(C)c1ccc(-c2cccnn2)cn1. The highest BCUT2D eigenvalue weighted by Crippen LogP contribution is 2.17. The second-order valence-corrected chi connectivity index (χ2v) is 3.74. The maximum Gasteiger partial charge on any atom is 0.0945 e. The summed E-state index contributed by atoms with van der Waals surface area (Å²) in [6.45, 7) is 4.26. The molecule has 0 aliphatic heterocycles. The van der Waals surface area contributed by atoms with Crippen molar-refractivity contribution in [1.29, 1.82) is 0 Å². The van der Waals surface area contributed by atoms with Gasteiger partial charge < -0.3 is 0 Å². The molecule has 0 fully saturated rings. The summed E-state index contributed by atoms with van der Waals surface area (Å²) in [5.41, 5.74) is 2.97. The summed E-state index contributed by atoms with van der Waals surface area (Å²) in [7, 11) is 0. The van der Waals surface area contributed by atoms with Crippen LogP contribution in [0, 0.1) is 0 Å². The van der Waals surface area contributed by atoms with Crippen LogP contribution in [0.5, 0.6) is 0 Å². The minimum absolute atomic E-state index is 0.459. The summed E-state index contributed by atoms with van der Waals surface area (Å²) in [5.74, 6) is 0.459. The van der Waals surface area contributed by atoms with Crippen LogP contribution < -0.4 is 0 Å². The van der Waals surface area contributed by atoms with Gasteiger partial charge in [0.2, 0.25) is 0 Å². The maximum absolute atomic E-state index is 4.39. The van der Waals surface area contributed by atoms with E-state index in [-0.39, 0.29) is 0 Å². The maximum atomic E-state index is 4.39. The zero-order chi connectivity index (χ0) is 10.7. The van der Waals surface area contributed by atoms with Gasteiger partial charge in [-0.3, -0.25) is 4.98 Å². The molecule has 0 atom stereocenters. The van der Waals surface area contributed by atoms with Gasteiger partial charge >= 0.3 is 0 Å². The summed E-state index contributed by atoms with van der Waals surface area (Å²) in [5, 5.41) is 7.87. The third kappa shape index (κ3) is 2.18. The predicted molar refractivity (Wildman–Crippen MR) is 59.4 cm³/mol. The van der Waals surface area contributed by atoms with Crippen molar-refractivity contribution >= 4 is 0 Å². The van der Waals surface area contributed by atoms with Crippen molar-refractivity contribution < 1.29 is 0 Å². The molecule has 2 aromatic rings. The van der Waals surface area contributed by atoms with Gasteiger partial charge in [-0.1, -0.05) is 13.8 Å². The first-order valence-corrected chi connectivity index (χ1v) is 5.01. The van der Waals surface area contributed by atoms with E-state index in [4.69, 9.17) is 0 Å². The van der Waals surface area contributed by atoms with Crippen molar-refractivity contribution in [1.82, 2.24) is 15.2 Å². The molecular weight excluding hydrogens is 186 g/mol. The molecule has 0 bridgehead atoms. The van der Waals surface area contributed by atoms with Gasteiger partial charge in [0.1, 0.15) is 0 Å². The smallest absolute Gasteiger partial charge is 0.0945 e. The van der Waals surface area contributed by atoms with E-state index >= 15 is 0 Å². The van der Waals surface area contributed by atoms with Crippen LogP contribution >= 0.6 is 0 Å². The van der Waals surface area contributed by atoms with Crippen LogP contribution in [-0.4, -0.2) is 15.2 Å². The molecule has 2 rings (SSSR count). The van der Waals surface area contributed by atoms with E-state index < -0.39 is 0 Å². The number of pyridine rings is 1. The lowest BCUT2D eigenvalue weighted by Gasteiger charge is -2.04. The van der Waals surface area contributed by atoms with Gasteiger partial charge in [-0.15, -0.1) is 0 Å². The highest BCUT2D eigenvalue weighted by atomic mass is 15.1. The van der Waals surface area contributed by atoms with Crippen molar-refractivity contribution in [2.45, 2.75) is 19.8 Å². The first-order chi connectivity index (χ1) is 7.27. The number of hydrogen-bond donors (Lipinski definition) is 0. The molecule has 15 heavy (non-hydrogen) atoms. The number of rotatable bonds is 2. The summed E-state index contributed by atoms with van der Waals surface area (Å²) in [6.07, 6.45) is 3.51. The Hall–Kier alpha value is -1.77. The Balaban J connectivity index is 2.32. The zero-order valence-electron chi connectivity index (χ0n) is 8.88. The van der Waals surface area contributed by atoms with Gasteiger partial charge in [0, 0.05) is 23.7 Å². The molecule has 0 aliphatic rings. The van der Waals surface area contributed by atoms with Crippen LogP contribution in [0.2, 0.25) is 0 Å². The number of hydrogen-bond acceptors (Lipinski definition) is 3. The van der Waals surface area contributed by atoms with Crippen LogP contribution in [0.15, 0.2) is 36.7 Å². The lowest BCUT2D eigenvalue weighted by atomic mass is 10.1. The fourth-order valence-electron chi connectivity index (χ4n) is 1.35. The molecule has 0 radical (unpaired) electrons. The molecule has 0 aliphatic carbocycles. The molecular formula is C12H13N3. The van der Waals surface area contributed by atoms with Crippen LogP contribution in [0.25, 0.3) is 11.3 Å². The summed E-state index contributed by atoms with van der Waals surface area (Å²) in [6, 6.07) is 7.87. The van der Waals surface area contributed by atoms with Crippen LogP contribution in [0.4, 0.5) is 0 Å². The Labute approximate surface area is 89.2 Å². The van der Waals surface area contributed by atoms with E-state index in [0.29, 0.717) is 5.92 Å². The van der Waals surface area contributed by atoms with E-state index in [1.807, 2.05) is 30.5 Å². The van der Waals surface area contributed by atoms with Crippen molar-refractivity contribution in [3.8, 4) is 11.3 Å². The first kappa shape index (κ1) is 9.77. The minimum Gasteiger partial charge on any atom is -0.260 e. The quantitative estimate of drug-likeness (QED) is 0.746. The van der Waals surface area contributed by atoms with Crippen LogP contribution in [-0.2, 0) is 0 Å². The Morgan fingerprint density at radius 2 is 2.00 bits per heavy atom. The molecule has 0 saturated carbocycles. The monoisotopic (exact) mass is 199 g/mol. The Morgan fingerprint density at radius 3 is 2.53 bits per heavy atom. The van der Waals surface area contributed by atoms with Crippen molar-refractivity contribution in [3.63, 3.8) is 0 Å². The Kier molecular flexibility index (Phi) is 2.72. The third-order valence-corrected chi connectivity index (χ3v) is 2.25. The van der Waals surface area contributed by atoms with Crippen LogP contribution in [0.1, 0.15) is 25.5 Å². The molecule has 0 aromatic carbocycles. The van der Waals surface area contributed by atoms with Crippen LogP contribution in [0.3, 0.4) is 0 Å². The van der Waals surface area contributed by atoms with E-state index in [1.54, 1.807) is 6.20 Å². The second-order valence-electron chi connectivity index (χ2n) is 3.74. The van der Waals surface area contributed by atoms with Gasteiger partial charge in [0.15, 0.2) is 0 Å². The molecule has 0 N–H and O–H groups in total. The van der Waals surface area contributed by atoms with Gasteiger partial charge in [0.05, 0.1) is 5.69 Å². The number of aromatic nitrogens is 3. The van der Waals surface area contributed by atoms with Gasteiger partial charge in [-0.25, -0.2) is 0 Å². The fraction of sp³-hybridized carbons (Fsp3) is 0.250.